The highest BCUT2D eigenvalue weighted by atomic mass is 32.2. The molecule has 100 valence electrons. The maximum Gasteiger partial charge on any atom is 0.235 e. The predicted molar refractivity (Wildman–Crippen MR) is 73.8 cm³/mol. The van der Waals surface area contributed by atoms with Gasteiger partial charge in [-0.1, -0.05) is 12.1 Å². The quantitative estimate of drug-likeness (QED) is 0.613. The second-order valence-electron chi connectivity index (χ2n) is 4.85. The van der Waals surface area contributed by atoms with Crippen molar-refractivity contribution in [2.75, 3.05) is 18.6 Å². The first kappa shape index (κ1) is 12.6. The highest BCUT2D eigenvalue weighted by Crippen LogP contribution is 2.54. The van der Waals surface area contributed by atoms with Crippen molar-refractivity contribution in [2.24, 2.45) is 4.99 Å². The molecule has 0 radical (unpaired) electrons. The van der Waals surface area contributed by atoms with Crippen molar-refractivity contribution in [2.45, 2.75) is 24.5 Å². The molecular formula is C14H15NO3S. The smallest absolute Gasteiger partial charge is 0.235 e. The molecule has 0 atom stereocenters. The molecule has 0 aromatic heterocycles. The van der Waals surface area contributed by atoms with Crippen LogP contribution < -0.4 is 9.47 Å². The summed E-state index contributed by atoms with van der Waals surface area (Å²) in [5.74, 6) is 3.46. The van der Waals surface area contributed by atoms with E-state index in [1.807, 2.05) is 30.0 Å². The lowest BCUT2D eigenvalue weighted by molar-refractivity contribution is 0.224. The maximum atomic E-state index is 10.6. The molecule has 1 saturated heterocycles. The molecule has 1 heterocycles. The Morgan fingerprint density at radius 3 is 2.74 bits per heavy atom. The number of carbonyl (C=O) groups excluding carboxylic acids is 1. The van der Waals surface area contributed by atoms with Crippen molar-refractivity contribution in [3.8, 4) is 11.5 Å². The number of isocyanates is 1. The van der Waals surface area contributed by atoms with Gasteiger partial charge in [-0.2, -0.15) is 16.8 Å². The van der Waals surface area contributed by atoms with Crippen molar-refractivity contribution in [3.05, 3.63) is 23.8 Å². The molecule has 0 unspecified atom stereocenters. The standard InChI is InChI=1S/C14H15NO3S/c1-17-12-4-2-3-11(14(5-6-14)15-9-16)13(12)18-10-7-19-8-10/h2-4,10H,5-8H2,1H3. The molecule has 2 aliphatic rings. The van der Waals surface area contributed by atoms with Gasteiger partial charge in [0, 0.05) is 17.1 Å². The average Bonchev–Trinajstić information content (AvgIpc) is 3.15. The molecule has 5 heteroatoms. The number of benzene rings is 1. The number of aliphatic imine (C=N–C) groups is 1. The fourth-order valence-corrected chi connectivity index (χ4v) is 2.82. The molecule has 1 aliphatic heterocycles. The second-order valence-corrected chi connectivity index (χ2v) is 5.92. The van der Waals surface area contributed by atoms with E-state index in [-0.39, 0.29) is 6.10 Å². The van der Waals surface area contributed by atoms with Gasteiger partial charge >= 0.3 is 0 Å². The van der Waals surface area contributed by atoms with Crippen LogP contribution in [0, 0.1) is 0 Å². The van der Waals surface area contributed by atoms with Crippen LogP contribution in [0.3, 0.4) is 0 Å². The van der Waals surface area contributed by atoms with E-state index in [4.69, 9.17) is 9.47 Å². The van der Waals surface area contributed by atoms with Gasteiger partial charge in [0.05, 0.1) is 7.11 Å². The summed E-state index contributed by atoms with van der Waals surface area (Å²) < 4.78 is 11.4. The van der Waals surface area contributed by atoms with Crippen LogP contribution in [0.25, 0.3) is 0 Å². The SMILES string of the molecule is COc1cccc(C2(N=C=O)CC2)c1OC1CSC1. The number of hydrogen-bond donors (Lipinski definition) is 0. The van der Waals surface area contributed by atoms with Crippen LogP contribution in [-0.4, -0.2) is 30.8 Å². The zero-order valence-corrected chi connectivity index (χ0v) is 11.5. The molecule has 19 heavy (non-hydrogen) atoms. The largest absolute Gasteiger partial charge is 0.493 e. The van der Waals surface area contributed by atoms with Crippen LogP contribution in [0.4, 0.5) is 0 Å². The Bertz CT molecular complexity index is 531. The molecule has 0 bridgehead atoms. The Morgan fingerprint density at radius 2 is 2.21 bits per heavy atom. The van der Waals surface area contributed by atoms with Gasteiger partial charge in [0.25, 0.3) is 0 Å². The molecule has 1 aliphatic carbocycles. The zero-order valence-electron chi connectivity index (χ0n) is 10.7. The van der Waals surface area contributed by atoms with Gasteiger partial charge in [-0.05, 0) is 18.9 Å². The van der Waals surface area contributed by atoms with Gasteiger partial charge < -0.3 is 9.47 Å². The fourth-order valence-electron chi connectivity index (χ4n) is 2.26. The Balaban J connectivity index is 2.00. The van der Waals surface area contributed by atoms with Gasteiger partial charge in [-0.15, -0.1) is 0 Å². The molecule has 3 rings (SSSR count). The van der Waals surface area contributed by atoms with Crippen LogP contribution in [0.5, 0.6) is 11.5 Å². The maximum absolute atomic E-state index is 10.6. The monoisotopic (exact) mass is 277 g/mol. The van der Waals surface area contributed by atoms with E-state index < -0.39 is 5.54 Å². The fraction of sp³-hybridized carbons (Fsp3) is 0.500. The van der Waals surface area contributed by atoms with Crippen molar-refractivity contribution in [3.63, 3.8) is 0 Å². The van der Waals surface area contributed by atoms with E-state index in [9.17, 15) is 4.79 Å². The first-order valence-electron chi connectivity index (χ1n) is 6.30. The summed E-state index contributed by atoms with van der Waals surface area (Å²) in [5, 5.41) is 0. The van der Waals surface area contributed by atoms with Crippen LogP contribution in [-0.2, 0) is 10.3 Å². The highest BCUT2D eigenvalue weighted by Gasteiger charge is 2.47. The molecule has 1 aromatic rings. The number of rotatable bonds is 5. The highest BCUT2D eigenvalue weighted by molar-refractivity contribution is 8.00. The Hall–Kier alpha value is -1.45. The van der Waals surface area contributed by atoms with Gasteiger partial charge in [-0.25, -0.2) is 4.79 Å². The summed E-state index contributed by atoms with van der Waals surface area (Å²) >= 11 is 1.87. The normalized spacial score (nSPS) is 20.1. The zero-order chi connectivity index (χ0) is 13.3. The first-order chi connectivity index (χ1) is 9.29. The third-order valence-corrected chi connectivity index (χ3v) is 4.79. The minimum absolute atomic E-state index is 0.232. The number of thioether (sulfide) groups is 1. The Kier molecular flexibility index (Phi) is 3.25. The lowest BCUT2D eigenvalue weighted by Crippen LogP contribution is -2.31. The first-order valence-corrected chi connectivity index (χ1v) is 7.45. The van der Waals surface area contributed by atoms with E-state index in [2.05, 4.69) is 4.99 Å². The van der Waals surface area contributed by atoms with Crippen molar-refractivity contribution in [1.29, 1.82) is 0 Å². The van der Waals surface area contributed by atoms with E-state index in [1.54, 1.807) is 13.2 Å². The Labute approximate surface area is 116 Å². The summed E-state index contributed by atoms with van der Waals surface area (Å²) in [5.41, 5.74) is 0.523. The van der Waals surface area contributed by atoms with Crippen molar-refractivity contribution < 1.29 is 14.3 Å². The van der Waals surface area contributed by atoms with Gasteiger partial charge in [0.1, 0.15) is 11.6 Å². The predicted octanol–water partition coefficient (Wildman–Crippen LogP) is 2.51. The topological polar surface area (TPSA) is 47.9 Å². The summed E-state index contributed by atoms with van der Waals surface area (Å²) in [6.07, 6.45) is 3.65. The number of para-hydroxylation sites is 1. The number of hydrogen-bond acceptors (Lipinski definition) is 5. The van der Waals surface area contributed by atoms with Gasteiger partial charge in [-0.3, -0.25) is 0 Å². The molecule has 0 spiro atoms. The lowest BCUT2D eigenvalue weighted by Gasteiger charge is -2.28. The van der Waals surface area contributed by atoms with Gasteiger partial charge in [0.15, 0.2) is 11.5 Å². The Morgan fingerprint density at radius 1 is 1.42 bits per heavy atom. The molecule has 1 saturated carbocycles. The molecule has 1 aromatic carbocycles. The van der Waals surface area contributed by atoms with E-state index >= 15 is 0 Å². The van der Waals surface area contributed by atoms with Gasteiger partial charge in [0.2, 0.25) is 6.08 Å². The third-order valence-electron chi connectivity index (χ3n) is 3.58. The summed E-state index contributed by atoms with van der Waals surface area (Å²) in [6, 6.07) is 5.76. The van der Waals surface area contributed by atoms with Crippen LogP contribution in [0.15, 0.2) is 23.2 Å². The summed E-state index contributed by atoms with van der Waals surface area (Å²) in [7, 11) is 1.63. The second kappa shape index (κ2) is 4.91. The summed E-state index contributed by atoms with van der Waals surface area (Å²) in [4.78, 5) is 14.6. The van der Waals surface area contributed by atoms with E-state index in [0.717, 1.165) is 35.7 Å². The van der Waals surface area contributed by atoms with E-state index in [0.29, 0.717) is 5.75 Å². The van der Waals surface area contributed by atoms with Crippen LogP contribution >= 0.6 is 11.8 Å². The van der Waals surface area contributed by atoms with Crippen LogP contribution in [0.2, 0.25) is 0 Å². The lowest BCUT2D eigenvalue weighted by atomic mass is 10.0. The molecule has 0 amide bonds. The molecule has 0 N–H and O–H groups in total. The molecule has 2 fully saturated rings. The minimum atomic E-state index is -0.428. The molecular weight excluding hydrogens is 262 g/mol. The minimum Gasteiger partial charge on any atom is -0.493 e. The van der Waals surface area contributed by atoms with E-state index in [1.165, 1.54) is 0 Å². The number of ether oxygens (including phenoxy) is 2. The summed E-state index contributed by atoms with van der Waals surface area (Å²) in [6.45, 7) is 0. The third kappa shape index (κ3) is 2.24. The number of methoxy groups -OCH3 is 1. The molecule has 4 nitrogen and oxygen atoms in total. The average molecular weight is 277 g/mol. The van der Waals surface area contributed by atoms with Crippen molar-refractivity contribution in [1.82, 2.24) is 0 Å². The van der Waals surface area contributed by atoms with Crippen molar-refractivity contribution >= 4 is 17.8 Å². The van der Waals surface area contributed by atoms with Crippen LogP contribution in [0.1, 0.15) is 18.4 Å². The number of nitrogens with zero attached hydrogens (tertiary/aromatic N) is 1.